The second-order valence-corrected chi connectivity index (χ2v) is 9.46. The van der Waals surface area contributed by atoms with Crippen molar-refractivity contribution in [3.8, 4) is 10.7 Å². The Hall–Kier alpha value is -1.02. The van der Waals surface area contributed by atoms with Crippen LogP contribution >= 0.6 is 23.1 Å². The van der Waals surface area contributed by atoms with E-state index in [0.717, 1.165) is 22.5 Å². The summed E-state index contributed by atoms with van der Waals surface area (Å²) >= 11 is 2.77. The monoisotopic (exact) mass is 401 g/mol. The van der Waals surface area contributed by atoms with Gasteiger partial charge in [-0.15, -0.1) is 21.5 Å². The van der Waals surface area contributed by atoms with Crippen LogP contribution in [0.15, 0.2) is 22.7 Å². The summed E-state index contributed by atoms with van der Waals surface area (Å²) in [5.74, 6) is 2.92. The minimum atomic E-state index is -4.13. The van der Waals surface area contributed by atoms with Gasteiger partial charge in [-0.1, -0.05) is 24.2 Å². The maximum atomic E-state index is 12.5. The van der Waals surface area contributed by atoms with Gasteiger partial charge in [-0.3, -0.25) is 4.57 Å². The van der Waals surface area contributed by atoms with Crippen LogP contribution in [-0.2, 0) is 0 Å². The Morgan fingerprint density at radius 1 is 1.31 bits per heavy atom. The molecule has 142 valence electrons. The lowest BCUT2D eigenvalue weighted by molar-refractivity contribution is -0.129. The van der Waals surface area contributed by atoms with Crippen molar-refractivity contribution >= 4 is 23.1 Å². The predicted molar refractivity (Wildman–Crippen MR) is 98.4 cm³/mol. The second-order valence-electron chi connectivity index (χ2n) is 7.45. The molecular formula is C18H22F3N3S2. The van der Waals surface area contributed by atoms with Gasteiger partial charge in [0.25, 0.3) is 0 Å². The number of thioether (sulfide) groups is 1. The highest BCUT2D eigenvalue weighted by molar-refractivity contribution is 7.99. The number of nitrogens with zero attached hydrogens (tertiary/aromatic N) is 3. The first kappa shape index (κ1) is 18.3. The number of hydrogen-bond acceptors (Lipinski definition) is 4. The molecule has 0 amide bonds. The van der Waals surface area contributed by atoms with E-state index in [1.807, 2.05) is 17.5 Å². The molecule has 2 aliphatic rings. The molecule has 0 radical (unpaired) electrons. The van der Waals surface area contributed by atoms with E-state index in [4.69, 9.17) is 0 Å². The van der Waals surface area contributed by atoms with Crippen LogP contribution in [0.5, 0.6) is 0 Å². The molecular weight excluding hydrogens is 379 g/mol. The summed E-state index contributed by atoms with van der Waals surface area (Å²) in [5.41, 5.74) is 0. The van der Waals surface area contributed by atoms with Gasteiger partial charge in [0.15, 0.2) is 11.0 Å². The van der Waals surface area contributed by atoms with Crippen molar-refractivity contribution in [1.29, 1.82) is 0 Å². The number of fused-ring (bicyclic) bond motifs is 2. The molecule has 0 saturated heterocycles. The van der Waals surface area contributed by atoms with Crippen molar-refractivity contribution in [2.45, 2.75) is 56.4 Å². The zero-order valence-electron chi connectivity index (χ0n) is 14.6. The molecule has 2 aliphatic carbocycles. The van der Waals surface area contributed by atoms with Crippen LogP contribution in [-0.4, -0.2) is 26.7 Å². The number of aromatic nitrogens is 3. The number of thiophene rings is 1. The van der Waals surface area contributed by atoms with Gasteiger partial charge in [0.2, 0.25) is 0 Å². The molecule has 2 fully saturated rings. The molecule has 4 unspecified atom stereocenters. The van der Waals surface area contributed by atoms with Crippen LogP contribution in [0.25, 0.3) is 10.7 Å². The van der Waals surface area contributed by atoms with Gasteiger partial charge >= 0.3 is 6.18 Å². The standard InChI is InChI=1S/C18H22F3N3S2/c1-11(14-10-12-4-5-13(14)9-12)24-16(15-3-2-7-25-15)22-23-17(24)26-8-6-18(19,20)21/h2-3,7,11-14H,4-6,8-10H2,1H3. The summed E-state index contributed by atoms with van der Waals surface area (Å²) < 4.78 is 39.7. The summed E-state index contributed by atoms with van der Waals surface area (Å²) in [6, 6.07) is 4.19. The molecule has 4 atom stereocenters. The zero-order valence-corrected chi connectivity index (χ0v) is 16.2. The maximum Gasteiger partial charge on any atom is 0.389 e. The molecule has 2 aromatic heterocycles. The van der Waals surface area contributed by atoms with Crippen molar-refractivity contribution in [1.82, 2.24) is 14.8 Å². The second kappa shape index (κ2) is 7.19. The summed E-state index contributed by atoms with van der Waals surface area (Å²) in [4.78, 5) is 1.02. The highest BCUT2D eigenvalue weighted by Crippen LogP contribution is 2.53. The Balaban J connectivity index is 1.60. The van der Waals surface area contributed by atoms with Crippen LogP contribution < -0.4 is 0 Å². The number of hydrogen-bond donors (Lipinski definition) is 0. The van der Waals surface area contributed by atoms with Gasteiger partial charge in [0.05, 0.1) is 11.3 Å². The molecule has 0 spiro atoms. The number of alkyl halides is 3. The lowest BCUT2D eigenvalue weighted by Crippen LogP contribution is -2.23. The van der Waals surface area contributed by atoms with Gasteiger partial charge in [-0.2, -0.15) is 13.2 Å². The Kier molecular flexibility index (Phi) is 5.07. The molecule has 2 heterocycles. The molecule has 2 bridgehead atoms. The average Bonchev–Trinajstić information content (AvgIpc) is 3.35. The van der Waals surface area contributed by atoms with Crippen molar-refractivity contribution in [2.24, 2.45) is 17.8 Å². The maximum absolute atomic E-state index is 12.5. The SMILES string of the molecule is CC(C1CC2CCC1C2)n1c(SCCC(F)(F)F)nnc1-c1cccs1. The summed E-state index contributed by atoms with van der Waals surface area (Å²) in [6.07, 6.45) is 0.211. The molecule has 2 saturated carbocycles. The summed E-state index contributed by atoms with van der Waals surface area (Å²) in [5, 5.41) is 11.2. The quantitative estimate of drug-likeness (QED) is 0.552. The Labute approximate surface area is 159 Å². The molecule has 0 aromatic carbocycles. The summed E-state index contributed by atoms with van der Waals surface area (Å²) in [7, 11) is 0. The average molecular weight is 402 g/mol. The highest BCUT2D eigenvalue weighted by atomic mass is 32.2. The molecule has 0 aliphatic heterocycles. The van der Waals surface area contributed by atoms with Crippen molar-refractivity contribution in [2.75, 3.05) is 5.75 Å². The van der Waals surface area contributed by atoms with E-state index in [-0.39, 0.29) is 11.8 Å². The lowest BCUT2D eigenvalue weighted by atomic mass is 9.84. The smallest absolute Gasteiger partial charge is 0.298 e. The van der Waals surface area contributed by atoms with E-state index in [1.54, 1.807) is 11.3 Å². The van der Waals surface area contributed by atoms with E-state index >= 15 is 0 Å². The molecule has 26 heavy (non-hydrogen) atoms. The van der Waals surface area contributed by atoms with Gasteiger partial charge in [-0.25, -0.2) is 0 Å². The molecule has 3 nitrogen and oxygen atoms in total. The predicted octanol–water partition coefficient (Wildman–Crippen LogP) is 6.05. The molecule has 4 rings (SSSR count). The molecule has 2 aromatic rings. The first-order valence-corrected chi connectivity index (χ1v) is 11.0. The normalized spacial score (nSPS) is 26.5. The van der Waals surface area contributed by atoms with E-state index in [1.165, 1.54) is 37.4 Å². The van der Waals surface area contributed by atoms with Gasteiger partial charge in [-0.05, 0) is 55.4 Å². The number of rotatable bonds is 6. The van der Waals surface area contributed by atoms with Gasteiger partial charge < -0.3 is 0 Å². The Morgan fingerprint density at radius 2 is 2.15 bits per heavy atom. The first-order valence-electron chi connectivity index (χ1n) is 9.10. The fourth-order valence-electron chi connectivity index (χ4n) is 4.65. The first-order chi connectivity index (χ1) is 12.4. The highest BCUT2D eigenvalue weighted by Gasteiger charge is 2.43. The third kappa shape index (κ3) is 3.67. The fraction of sp³-hybridized carbons (Fsp3) is 0.667. The Morgan fingerprint density at radius 3 is 2.77 bits per heavy atom. The fourth-order valence-corrected chi connectivity index (χ4v) is 6.36. The van der Waals surface area contributed by atoms with Crippen LogP contribution in [0.2, 0.25) is 0 Å². The van der Waals surface area contributed by atoms with Crippen molar-refractivity contribution in [3.63, 3.8) is 0 Å². The third-order valence-electron chi connectivity index (χ3n) is 5.84. The third-order valence-corrected chi connectivity index (χ3v) is 7.65. The van der Waals surface area contributed by atoms with Crippen LogP contribution in [0, 0.1) is 17.8 Å². The van der Waals surface area contributed by atoms with E-state index in [9.17, 15) is 13.2 Å². The minimum Gasteiger partial charge on any atom is -0.298 e. The van der Waals surface area contributed by atoms with E-state index in [0.29, 0.717) is 11.1 Å². The van der Waals surface area contributed by atoms with Crippen LogP contribution in [0.1, 0.15) is 45.1 Å². The molecule has 0 N–H and O–H groups in total. The summed E-state index contributed by atoms with van der Waals surface area (Å²) in [6.45, 7) is 2.19. The van der Waals surface area contributed by atoms with Crippen LogP contribution in [0.4, 0.5) is 13.2 Å². The topological polar surface area (TPSA) is 30.7 Å². The van der Waals surface area contributed by atoms with E-state index < -0.39 is 12.6 Å². The zero-order chi connectivity index (χ0) is 18.3. The van der Waals surface area contributed by atoms with E-state index in [2.05, 4.69) is 21.7 Å². The Bertz CT molecular complexity index is 741. The van der Waals surface area contributed by atoms with Crippen molar-refractivity contribution < 1.29 is 13.2 Å². The minimum absolute atomic E-state index is 0.0183. The molecule has 8 heteroatoms. The lowest BCUT2D eigenvalue weighted by Gasteiger charge is -2.30. The van der Waals surface area contributed by atoms with Crippen molar-refractivity contribution in [3.05, 3.63) is 17.5 Å². The largest absolute Gasteiger partial charge is 0.389 e. The number of halogens is 3. The van der Waals surface area contributed by atoms with Gasteiger partial charge in [0, 0.05) is 11.8 Å². The van der Waals surface area contributed by atoms with Crippen LogP contribution in [0.3, 0.4) is 0 Å². The van der Waals surface area contributed by atoms with Gasteiger partial charge in [0.1, 0.15) is 0 Å².